The Bertz CT molecular complexity index is 1100. The summed E-state index contributed by atoms with van der Waals surface area (Å²) in [4.78, 5) is 14.7. The number of nitrogens with zero attached hydrogens (tertiary/aromatic N) is 1. The quantitative estimate of drug-likeness (QED) is 0.745. The summed E-state index contributed by atoms with van der Waals surface area (Å²) in [6.45, 7) is 5.90. The molecule has 1 amide bonds. The Hall–Kier alpha value is -2.13. The van der Waals surface area contributed by atoms with Crippen molar-refractivity contribution in [1.82, 2.24) is 4.90 Å². The molecule has 2 saturated heterocycles. The minimum absolute atomic E-state index is 0.0191. The average Bonchev–Trinajstić information content (AvgIpc) is 3.19. The molecule has 0 radical (unpaired) electrons. The summed E-state index contributed by atoms with van der Waals surface area (Å²) in [5, 5.41) is 0.212. The maximum Gasteiger partial charge on any atom is 0.261 e. The van der Waals surface area contributed by atoms with Crippen LogP contribution in [0, 0.1) is 13.8 Å². The van der Waals surface area contributed by atoms with Crippen molar-refractivity contribution in [3.63, 3.8) is 0 Å². The van der Waals surface area contributed by atoms with Gasteiger partial charge in [-0.15, -0.1) is 0 Å². The summed E-state index contributed by atoms with van der Waals surface area (Å²) in [5.41, 5.74) is 2.67. The summed E-state index contributed by atoms with van der Waals surface area (Å²) < 4.78 is 39.8. The van der Waals surface area contributed by atoms with E-state index in [0.29, 0.717) is 44.8 Å². The zero-order valence-electron chi connectivity index (χ0n) is 17.5. The first-order chi connectivity index (χ1) is 14.7. The number of sulfonamides is 1. The lowest BCUT2D eigenvalue weighted by atomic mass is 10.0. The van der Waals surface area contributed by atoms with Crippen LogP contribution in [0.4, 0.5) is 5.69 Å². The van der Waals surface area contributed by atoms with E-state index in [1.54, 1.807) is 17.0 Å². The molecule has 0 bridgehead atoms. The third kappa shape index (κ3) is 4.57. The number of likely N-dealkylation sites (tertiary alicyclic amines) is 1. The number of anilines is 1. The number of rotatable bonds is 4. The molecule has 0 aromatic heterocycles. The number of piperidine rings is 1. The second-order valence-electron chi connectivity index (χ2n) is 7.95. The molecule has 31 heavy (non-hydrogen) atoms. The second-order valence-corrected chi connectivity index (χ2v) is 10.0. The Morgan fingerprint density at radius 1 is 1.03 bits per heavy atom. The van der Waals surface area contributed by atoms with E-state index in [9.17, 15) is 13.2 Å². The van der Waals surface area contributed by atoms with E-state index in [1.807, 2.05) is 19.9 Å². The molecule has 9 heteroatoms. The van der Waals surface area contributed by atoms with E-state index < -0.39 is 15.8 Å². The minimum atomic E-state index is -3.88. The minimum Gasteiger partial charge on any atom is -0.347 e. The smallest absolute Gasteiger partial charge is 0.261 e. The third-order valence-corrected chi connectivity index (χ3v) is 7.57. The maximum absolute atomic E-state index is 13.1. The fraction of sp³-hybridized carbons (Fsp3) is 0.409. The maximum atomic E-state index is 13.1. The molecule has 0 unspecified atom stereocenters. The zero-order valence-corrected chi connectivity index (χ0v) is 19.1. The van der Waals surface area contributed by atoms with Gasteiger partial charge in [0.1, 0.15) is 0 Å². The fourth-order valence-corrected chi connectivity index (χ4v) is 5.13. The van der Waals surface area contributed by atoms with E-state index in [2.05, 4.69) is 4.72 Å². The van der Waals surface area contributed by atoms with Gasteiger partial charge in [-0.3, -0.25) is 9.52 Å². The van der Waals surface area contributed by atoms with Crippen LogP contribution in [-0.2, 0) is 19.5 Å². The first kappa shape index (κ1) is 22.1. The van der Waals surface area contributed by atoms with Gasteiger partial charge in [-0.25, -0.2) is 8.42 Å². The van der Waals surface area contributed by atoms with Crippen molar-refractivity contribution in [2.45, 2.75) is 37.4 Å². The number of carbonyl (C=O) groups excluding carboxylic acids is 1. The molecule has 2 fully saturated rings. The molecule has 2 aromatic rings. The summed E-state index contributed by atoms with van der Waals surface area (Å²) in [7, 11) is -3.88. The van der Waals surface area contributed by atoms with Crippen molar-refractivity contribution in [1.29, 1.82) is 0 Å². The summed E-state index contributed by atoms with van der Waals surface area (Å²) in [6, 6.07) is 9.50. The van der Waals surface area contributed by atoms with Crippen LogP contribution in [0.2, 0.25) is 5.02 Å². The van der Waals surface area contributed by atoms with Gasteiger partial charge < -0.3 is 14.4 Å². The summed E-state index contributed by atoms with van der Waals surface area (Å²) in [5.74, 6) is -0.900. The predicted molar refractivity (Wildman–Crippen MR) is 118 cm³/mol. The highest BCUT2D eigenvalue weighted by molar-refractivity contribution is 7.92. The number of hydrogen-bond donors (Lipinski definition) is 1. The van der Waals surface area contributed by atoms with E-state index in [1.165, 1.54) is 18.2 Å². The second kappa shape index (κ2) is 8.43. The number of halogens is 1. The number of aryl methyl sites for hydroxylation is 2. The third-order valence-electron chi connectivity index (χ3n) is 5.86. The van der Waals surface area contributed by atoms with Gasteiger partial charge in [-0.05, 0) is 55.3 Å². The number of carbonyl (C=O) groups is 1. The van der Waals surface area contributed by atoms with Gasteiger partial charge in [0.25, 0.3) is 15.9 Å². The number of ether oxygens (including phenoxy) is 2. The highest BCUT2D eigenvalue weighted by atomic mass is 35.5. The Labute approximate surface area is 187 Å². The molecule has 166 valence electrons. The van der Waals surface area contributed by atoms with Crippen molar-refractivity contribution >= 4 is 33.2 Å². The molecule has 0 saturated carbocycles. The molecule has 1 N–H and O–H groups in total. The molecule has 2 heterocycles. The van der Waals surface area contributed by atoms with Gasteiger partial charge in [0.05, 0.1) is 28.7 Å². The van der Waals surface area contributed by atoms with Crippen LogP contribution in [0.3, 0.4) is 0 Å². The van der Waals surface area contributed by atoms with Gasteiger partial charge in [-0.2, -0.15) is 0 Å². The van der Waals surface area contributed by atoms with E-state index >= 15 is 0 Å². The summed E-state index contributed by atoms with van der Waals surface area (Å²) >= 11 is 6.27. The number of nitrogens with one attached hydrogen (secondary N) is 1. The number of benzene rings is 2. The molecular formula is C22H25ClN2O5S. The fourth-order valence-electron chi connectivity index (χ4n) is 3.86. The van der Waals surface area contributed by atoms with Gasteiger partial charge in [0, 0.05) is 31.6 Å². The molecule has 4 rings (SSSR count). The van der Waals surface area contributed by atoms with Gasteiger partial charge in [0.2, 0.25) is 0 Å². The van der Waals surface area contributed by atoms with E-state index in [-0.39, 0.29) is 21.4 Å². The van der Waals surface area contributed by atoms with Crippen LogP contribution >= 0.6 is 11.6 Å². The Morgan fingerprint density at radius 2 is 1.71 bits per heavy atom. The lowest BCUT2D eigenvalue weighted by Gasteiger charge is -2.37. The van der Waals surface area contributed by atoms with Crippen molar-refractivity contribution in [2.24, 2.45) is 0 Å². The van der Waals surface area contributed by atoms with E-state index in [0.717, 1.165) is 11.1 Å². The average molecular weight is 465 g/mol. The Kier molecular flexibility index (Phi) is 6.00. The standard InChI is InChI=1S/C22H25ClN2O5S/c1-15-3-4-17(13-16(15)2)24-31(27,28)18-5-6-20(23)19(14-18)21(26)25-9-7-22(8-10-25)29-11-12-30-22/h3-6,13-14,24H,7-12H2,1-2H3. The van der Waals surface area contributed by atoms with Crippen LogP contribution in [-0.4, -0.2) is 51.3 Å². The van der Waals surface area contributed by atoms with Crippen LogP contribution < -0.4 is 4.72 Å². The monoisotopic (exact) mass is 464 g/mol. The molecule has 2 aliphatic rings. The largest absolute Gasteiger partial charge is 0.347 e. The van der Waals surface area contributed by atoms with E-state index in [4.69, 9.17) is 21.1 Å². The van der Waals surface area contributed by atoms with Gasteiger partial charge >= 0.3 is 0 Å². The zero-order chi connectivity index (χ0) is 22.2. The van der Waals surface area contributed by atoms with Crippen LogP contribution in [0.15, 0.2) is 41.3 Å². The van der Waals surface area contributed by atoms with Gasteiger partial charge in [0.15, 0.2) is 5.79 Å². The first-order valence-corrected chi connectivity index (χ1v) is 12.0. The molecule has 2 aromatic carbocycles. The number of hydrogen-bond acceptors (Lipinski definition) is 5. The SMILES string of the molecule is Cc1ccc(NS(=O)(=O)c2ccc(Cl)c(C(=O)N3CCC4(CC3)OCCO4)c2)cc1C. The summed E-state index contributed by atoms with van der Waals surface area (Å²) in [6.07, 6.45) is 1.14. The van der Waals surface area contributed by atoms with Crippen molar-refractivity contribution < 1.29 is 22.7 Å². The van der Waals surface area contributed by atoms with Gasteiger partial charge in [-0.1, -0.05) is 17.7 Å². The number of amides is 1. The molecular weight excluding hydrogens is 440 g/mol. The Morgan fingerprint density at radius 3 is 2.35 bits per heavy atom. The highest BCUT2D eigenvalue weighted by Crippen LogP contribution is 2.32. The molecule has 1 spiro atoms. The lowest BCUT2D eigenvalue weighted by molar-refractivity contribution is -0.181. The molecule has 7 nitrogen and oxygen atoms in total. The van der Waals surface area contributed by atoms with Crippen molar-refractivity contribution in [2.75, 3.05) is 31.0 Å². The van der Waals surface area contributed by atoms with Crippen LogP contribution in [0.5, 0.6) is 0 Å². The van der Waals surface area contributed by atoms with Crippen molar-refractivity contribution in [3.05, 3.63) is 58.1 Å². The molecule has 0 atom stereocenters. The Balaban J connectivity index is 1.53. The van der Waals surface area contributed by atoms with Crippen LogP contribution in [0.25, 0.3) is 0 Å². The molecule has 0 aliphatic carbocycles. The first-order valence-electron chi connectivity index (χ1n) is 10.2. The topological polar surface area (TPSA) is 84.9 Å². The van der Waals surface area contributed by atoms with Crippen molar-refractivity contribution in [3.8, 4) is 0 Å². The normalized spacial score (nSPS) is 18.4. The lowest BCUT2D eigenvalue weighted by Crippen LogP contribution is -2.47. The molecule has 2 aliphatic heterocycles. The van der Waals surface area contributed by atoms with Crippen LogP contribution in [0.1, 0.15) is 34.3 Å². The highest BCUT2D eigenvalue weighted by Gasteiger charge is 2.41. The predicted octanol–water partition coefficient (Wildman–Crippen LogP) is 3.74.